The Labute approximate surface area is 154 Å². The van der Waals surface area contributed by atoms with Crippen LogP contribution >= 0.6 is 12.2 Å². The molecule has 2 aromatic carbocycles. The van der Waals surface area contributed by atoms with Crippen LogP contribution in [-0.4, -0.2) is 22.0 Å². The van der Waals surface area contributed by atoms with E-state index in [0.717, 1.165) is 4.90 Å². The molecule has 0 spiro atoms. The zero-order valence-corrected chi connectivity index (χ0v) is 14.9. The minimum absolute atomic E-state index is 0.0357. The van der Waals surface area contributed by atoms with Gasteiger partial charge in [0, 0.05) is 0 Å². The number of para-hydroxylation sites is 1. The lowest BCUT2D eigenvalue weighted by Crippen LogP contribution is -2.54. The van der Waals surface area contributed by atoms with Crippen molar-refractivity contribution in [2.75, 3.05) is 4.90 Å². The highest BCUT2D eigenvalue weighted by atomic mass is 32.1. The van der Waals surface area contributed by atoms with Crippen molar-refractivity contribution in [1.82, 2.24) is 5.32 Å². The van der Waals surface area contributed by atoms with Gasteiger partial charge in [0.25, 0.3) is 11.8 Å². The van der Waals surface area contributed by atoms with Gasteiger partial charge in [0.1, 0.15) is 17.1 Å². The predicted molar refractivity (Wildman–Crippen MR) is 100 cm³/mol. The Balaban J connectivity index is 2.07. The topological polar surface area (TPSA) is 69.6 Å². The summed E-state index contributed by atoms with van der Waals surface area (Å²) < 4.78 is 14.1. The van der Waals surface area contributed by atoms with Crippen LogP contribution < -0.4 is 10.2 Å². The SMILES string of the molecule is Cc1cc(/C=C2\C(=O)NC(=S)N(c3ccccc3F)C2=O)cc(C)c1O. The maximum absolute atomic E-state index is 14.1. The number of nitrogens with zero attached hydrogens (tertiary/aromatic N) is 1. The lowest BCUT2D eigenvalue weighted by atomic mass is 10.0. The van der Waals surface area contributed by atoms with Gasteiger partial charge in [0.2, 0.25) is 0 Å². The molecule has 0 bridgehead atoms. The normalized spacial score (nSPS) is 16.2. The molecule has 1 heterocycles. The molecule has 0 aromatic heterocycles. The maximum atomic E-state index is 14.1. The zero-order chi connectivity index (χ0) is 19.0. The third kappa shape index (κ3) is 3.09. The molecule has 0 saturated carbocycles. The zero-order valence-electron chi connectivity index (χ0n) is 14.0. The summed E-state index contributed by atoms with van der Waals surface area (Å²) in [6, 6.07) is 8.97. The van der Waals surface area contributed by atoms with E-state index in [-0.39, 0.29) is 22.1 Å². The number of rotatable bonds is 2. The molecule has 3 rings (SSSR count). The molecule has 1 fully saturated rings. The minimum atomic E-state index is -0.716. The van der Waals surface area contributed by atoms with Crippen molar-refractivity contribution in [2.45, 2.75) is 13.8 Å². The molecule has 132 valence electrons. The molecule has 1 saturated heterocycles. The van der Waals surface area contributed by atoms with Crippen LogP contribution in [0.15, 0.2) is 42.0 Å². The second-order valence-corrected chi connectivity index (χ2v) is 6.30. The van der Waals surface area contributed by atoms with E-state index in [1.807, 2.05) is 0 Å². The third-order valence-electron chi connectivity index (χ3n) is 4.02. The van der Waals surface area contributed by atoms with Crippen LogP contribution in [0.3, 0.4) is 0 Å². The second kappa shape index (κ2) is 6.68. The fourth-order valence-electron chi connectivity index (χ4n) is 2.75. The molecule has 2 amide bonds. The number of hydrogen-bond acceptors (Lipinski definition) is 4. The van der Waals surface area contributed by atoms with Gasteiger partial charge in [-0.2, -0.15) is 0 Å². The van der Waals surface area contributed by atoms with Crippen molar-refractivity contribution in [2.24, 2.45) is 0 Å². The first-order valence-corrected chi connectivity index (χ1v) is 8.16. The van der Waals surface area contributed by atoms with Crippen molar-refractivity contribution in [3.05, 3.63) is 64.5 Å². The van der Waals surface area contributed by atoms with Crippen molar-refractivity contribution in [1.29, 1.82) is 0 Å². The van der Waals surface area contributed by atoms with Crippen LogP contribution in [0.4, 0.5) is 10.1 Å². The van der Waals surface area contributed by atoms with Crippen LogP contribution in [0.5, 0.6) is 5.75 Å². The Bertz CT molecular complexity index is 961. The summed E-state index contributed by atoms with van der Waals surface area (Å²) in [5.41, 5.74) is 1.58. The quantitative estimate of drug-likeness (QED) is 0.484. The number of amides is 2. The molecule has 26 heavy (non-hydrogen) atoms. The van der Waals surface area contributed by atoms with Crippen molar-refractivity contribution in [3.8, 4) is 5.75 Å². The van der Waals surface area contributed by atoms with Crippen LogP contribution in [-0.2, 0) is 9.59 Å². The number of aromatic hydroxyl groups is 1. The highest BCUT2D eigenvalue weighted by Crippen LogP contribution is 2.27. The first-order chi connectivity index (χ1) is 12.3. The van der Waals surface area contributed by atoms with Gasteiger partial charge in [-0.1, -0.05) is 12.1 Å². The Hall–Kier alpha value is -3.06. The van der Waals surface area contributed by atoms with Gasteiger partial charge >= 0.3 is 0 Å². The Kier molecular flexibility index (Phi) is 4.56. The van der Waals surface area contributed by atoms with E-state index in [1.165, 1.54) is 24.3 Å². The summed E-state index contributed by atoms with van der Waals surface area (Å²) in [6.07, 6.45) is 1.40. The first kappa shape index (κ1) is 17.8. The first-order valence-electron chi connectivity index (χ1n) is 7.76. The average molecular weight is 370 g/mol. The van der Waals surface area contributed by atoms with Gasteiger partial charge in [-0.05, 0) is 73.1 Å². The highest BCUT2D eigenvalue weighted by Gasteiger charge is 2.35. The van der Waals surface area contributed by atoms with E-state index in [4.69, 9.17) is 12.2 Å². The summed E-state index contributed by atoms with van der Waals surface area (Å²) in [6.45, 7) is 3.43. The van der Waals surface area contributed by atoms with Crippen LogP contribution in [0.1, 0.15) is 16.7 Å². The number of thiocarbonyl (C=S) groups is 1. The van der Waals surface area contributed by atoms with Gasteiger partial charge < -0.3 is 5.11 Å². The smallest absolute Gasteiger partial charge is 0.270 e. The number of aryl methyl sites for hydroxylation is 2. The summed E-state index contributed by atoms with van der Waals surface area (Å²) in [5.74, 6) is -1.85. The average Bonchev–Trinajstić information content (AvgIpc) is 2.58. The lowest BCUT2D eigenvalue weighted by Gasteiger charge is -2.29. The second-order valence-electron chi connectivity index (χ2n) is 5.91. The van der Waals surface area contributed by atoms with Crippen LogP contribution in [0.25, 0.3) is 6.08 Å². The van der Waals surface area contributed by atoms with Gasteiger partial charge in [-0.3, -0.25) is 14.9 Å². The fourth-order valence-corrected chi connectivity index (χ4v) is 3.02. The summed E-state index contributed by atoms with van der Waals surface area (Å²) in [5, 5.41) is 12.1. The summed E-state index contributed by atoms with van der Waals surface area (Å²) >= 11 is 5.05. The molecule has 0 radical (unpaired) electrons. The molecular formula is C19H15FN2O3S. The van der Waals surface area contributed by atoms with Gasteiger partial charge in [-0.15, -0.1) is 0 Å². The molecule has 2 N–H and O–H groups in total. The molecule has 1 aliphatic rings. The largest absolute Gasteiger partial charge is 0.507 e. The monoisotopic (exact) mass is 370 g/mol. The number of anilines is 1. The molecule has 1 aliphatic heterocycles. The van der Waals surface area contributed by atoms with Crippen molar-refractivity contribution in [3.63, 3.8) is 0 Å². The fraction of sp³-hybridized carbons (Fsp3) is 0.105. The molecule has 2 aromatic rings. The predicted octanol–water partition coefficient (Wildman–Crippen LogP) is 2.98. The lowest BCUT2D eigenvalue weighted by molar-refractivity contribution is -0.122. The highest BCUT2D eigenvalue weighted by molar-refractivity contribution is 7.80. The summed E-state index contributed by atoms with van der Waals surface area (Å²) in [7, 11) is 0. The Morgan fingerprint density at radius 3 is 2.38 bits per heavy atom. The van der Waals surface area contributed by atoms with E-state index in [9.17, 15) is 19.1 Å². The van der Waals surface area contributed by atoms with E-state index in [1.54, 1.807) is 32.0 Å². The number of carbonyl (C=O) groups excluding carboxylic acids is 2. The van der Waals surface area contributed by atoms with Crippen molar-refractivity contribution < 1.29 is 19.1 Å². The molecule has 0 unspecified atom stereocenters. The number of nitrogens with one attached hydrogen (secondary N) is 1. The minimum Gasteiger partial charge on any atom is -0.507 e. The van der Waals surface area contributed by atoms with Crippen molar-refractivity contribution >= 4 is 40.9 Å². The number of benzene rings is 2. The Morgan fingerprint density at radius 2 is 1.77 bits per heavy atom. The van der Waals surface area contributed by atoms with Gasteiger partial charge in [0.15, 0.2) is 5.11 Å². The van der Waals surface area contributed by atoms with E-state index in [0.29, 0.717) is 16.7 Å². The number of phenolic OH excluding ortho intramolecular Hbond substituents is 1. The van der Waals surface area contributed by atoms with E-state index >= 15 is 0 Å². The maximum Gasteiger partial charge on any atom is 0.270 e. The van der Waals surface area contributed by atoms with Crippen LogP contribution in [0, 0.1) is 19.7 Å². The number of phenols is 1. The molecular weight excluding hydrogens is 355 g/mol. The summed E-state index contributed by atoms with van der Waals surface area (Å²) in [4.78, 5) is 26.1. The Morgan fingerprint density at radius 1 is 1.15 bits per heavy atom. The molecule has 5 nitrogen and oxygen atoms in total. The number of hydrogen-bond donors (Lipinski definition) is 2. The van der Waals surface area contributed by atoms with Gasteiger partial charge in [-0.25, -0.2) is 9.29 Å². The molecule has 0 atom stereocenters. The third-order valence-corrected chi connectivity index (χ3v) is 4.30. The standard InChI is InChI=1S/C19H15FN2O3S/c1-10-7-12(8-11(2)16(10)23)9-13-17(24)21-19(26)22(18(13)25)15-6-4-3-5-14(15)20/h3-9,23H,1-2H3,(H,21,24,26)/b13-9+. The van der Waals surface area contributed by atoms with Crippen LogP contribution in [0.2, 0.25) is 0 Å². The van der Waals surface area contributed by atoms with E-state index < -0.39 is 17.6 Å². The number of carbonyl (C=O) groups is 2. The number of halogens is 1. The van der Waals surface area contributed by atoms with E-state index in [2.05, 4.69) is 5.32 Å². The molecule has 7 heteroatoms. The van der Waals surface area contributed by atoms with Gasteiger partial charge in [0.05, 0.1) is 5.69 Å². The molecule has 0 aliphatic carbocycles.